The van der Waals surface area contributed by atoms with E-state index in [0.717, 1.165) is 12.1 Å². The largest absolute Gasteiger partial charge is 0.416 e. The fourth-order valence-electron chi connectivity index (χ4n) is 2.42. The Kier molecular flexibility index (Phi) is 4.77. The number of nitrogens with zero attached hydrogens (tertiary/aromatic N) is 4. The average Bonchev–Trinajstić information content (AvgIpc) is 3.04. The first-order valence-electron chi connectivity index (χ1n) is 7.60. The molecule has 2 aromatic rings. The molecule has 1 fully saturated rings. The van der Waals surface area contributed by atoms with Gasteiger partial charge in [0, 0.05) is 30.9 Å². The van der Waals surface area contributed by atoms with Crippen LogP contribution in [0.1, 0.15) is 11.1 Å². The Morgan fingerprint density at radius 2 is 2.04 bits per heavy atom. The zero-order valence-corrected chi connectivity index (χ0v) is 13.3. The molecular weight excluding hydrogens is 356 g/mol. The van der Waals surface area contributed by atoms with E-state index in [-0.39, 0.29) is 35.9 Å². The maximum Gasteiger partial charge on any atom is 0.416 e. The van der Waals surface area contributed by atoms with Gasteiger partial charge in [-0.1, -0.05) is 0 Å². The van der Waals surface area contributed by atoms with Crippen molar-refractivity contribution in [3.63, 3.8) is 0 Å². The van der Waals surface area contributed by atoms with Gasteiger partial charge in [0.2, 0.25) is 5.91 Å². The predicted octanol–water partition coefficient (Wildman–Crippen LogP) is 2.11. The summed E-state index contributed by atoms with van der Waals surface area (Å²) in [6, 6.07) is 2.82. The van der Waals surface area contributed by atoms with Crippen molar-refractivity contribution in [2.24, 2.45) is 0 Å². The Morgan fingerprint density at radius 3 is 2.65 bits per heavy atom. The molecule has 1 N–H and O–H groups in total. The molecule has 0 unspecified atom stereocenters. The molecule has 1 aromatic carbocycles. The number of carbonyl (C=O) groups excluding carboxylic acids is 1. The molecule has 2 heterocycles. The van der Waals surface area contributed by atoms with Gasteiger partial charge in [-0.15, -0.1) is 5.10 Å². The van der Waals surface area contributed by atoms with Crippen molar-refractivity contribution in [2.75, 3.05) is 13.1 Å². The number of likely N-dealkylation sites (tertiary alicyclic amines) is 1. The number of carbonyl (C=O) groups is 1. The highest BCUT2D eigenvalue weighted by atomic mass is 19.4. The number of benzene rings is 1. The van der Waals surface area contributed by atoms with Gasteiger partial charge in [0.25, 0.3) is 0 Å². The van der Waals surface area contributed by atoms with Crippen molar-refractivity contribution in [3.8, 4) is 11.4 Å². The van der Waals surface area contributed by atoms with E-state index >= 15 is 0 Å². The Hall–Kier alpha value is -2.75. The normalized spacial score (nSPS) is 15.5. The van der Waals surface area contributed by atoms with E-state index in [1.165, 1.54) is 34.3 Å². The molecule has 1 amide bonds. The molecule has 0 spiro atoms. The number of hydrogen-bond acceptors (Lipinski definition) is 4. The topological polar surface area (TPSA) is 71.2 Å². The van der Waals surface area contributed by atoms with E-state index in [9.17, 15) is 22.4 Å². The van der Waals surface area contributed by atoms with Crippen molar-refractivity contribution in [2.45, 2.75) is 19.0 Å². The lowest BCUT2D eigenvalue weighted by Gasteiger charge is -2.34. The van der Waals surface area contributed by atoms with Gasteiger partial charge in [-0.3, -0.25) is 4.79 Å². The van der Waals surface area contributed by atoms with E-state index in [0.29, 0.717) is 0 Å². The molecule has 1 aliphatic heterocycles. The third-order valence-electron chi connectivity index (χ3n) is 3.78. The van der Waals surface area contributed by atoms with Gasteiger partial charge in [0.1, 0.15) is 13.0 Å². The van der Waals surface area contributed by atoms with Crippen LogP contribution in [0.4, 0.5) is 17.6 Å². The minimum absolute atomic E-state index is 0.0248. The van der Waals surface area contributed by atoms with Gasteiger partial charge in [0.15, 0.2) is 5.82 Å². The summed E-state index contributed by atoms with van der Waals surface area (Å²) in [5.74, 6) is -0.353. The van der Waals surface area contributed by atoms with Gasteiger partial charge in [-0.05, 0) is 23.8 Å². The standard InChI is InChI=1S/C16H14F4N4O2/c17-6-10-3-11(5-12(4-10)16(18,19)20)15-21-9-24(22-15)2-1-14(26)23-7-13(25)8-23/h1-5,9,13,25H,6-8H2/b2-1-. The highest BCUT2D eigenvalue weighted by molar-refractivity contribution is 5.90. The van der Waals surface area contributed by atoms with Crippen molar-refractivity contribution in [1.29, 1.82) is 0 Å². The van der Waals surface area contributed by atoms with E-state index in [2.05, 4.69) is 10.1 Å². The number of rotatable bonds is 4. The van der Waals surface area contributed by atoms with Crippen molar-refractivity contribution in [1.82, 2.24) is 19.7 Å². The Bertz CT molecular complexity index is 841. The number of aliphatic hydroxyl groups excluding tert-OH is 1. The second-order valence-corrected chi connectivity index (χ2v) is 5.81. The summed E-state index contributed by atoms with van der Waals surface area (Å²) in [6.45, 7) is -0.544. The molecule has 0 bridgehead atoms. The summed E-state index contributed by atoms with van der Waals surface area (Å²) in [6.07, 6.45) is -1.40. The summed E-state index contributed by atoms with van der Waals surface area (Å²) < 4.78 is 52.8. The first-order chi connectivity index (χ1) is 12.3. The number of aromatic nitrogens is 3. The van der Waals surface area contributed by atoms with Crippen LogP contribution in [0.3, 0.4) is 0 Å². The Balaban J connectivity index is 1.80. The van der Waals surface area contributed by atoms with Crippen LogP contribution in [0, 0.1) is 0 Å². The van der Waals surface area contributed by atoms with Crippen molar-refractivity contribution < 1.29 is 27.5 Å². The summed E-state index contributed by atoms with van der Waals surface area (Å²) >= 11 is 0. The summed E-state index contributed by atoms with van der Waals surface area (Å²) in [5.41, 5.74) is -1.09. The molecule has 0 aliphatic carbocycles. The molecule has 1 aromatic heterocycles. The highest BCUT2D eigenvalue weighted by Gasteiger charge is 2.31. The van der Waals surface area contributed by atoms with Crippen LogP contribution in [0.2, 0.25) is 0 Å². The van der Waals surface area contributed by atoms with Gasteiger partial charge >= 0.3 is 6.18 Å². The van der Waals surface area contributed by atoms with Crippen LogP contribution in [0.5, 0.6) is 0 Å². The number of amides is 1. The average molecular weight is 370 g/mol. The SMILES string of the molecule is O=C(/C=C\n1cnc(-c2cc(CF)cc(C(F)(F)F)c2)n1)N1CC(O)C1. The molecule has 0 radical (unpaired) electrons. The number of aliphatic hydroxyl groups is 1. The lowest BCUT2D eigenvalue weighted by Crippen LogP contribution is -2.52. The van der Waals surface area contributed by atoms with Gasteiger partial charge < -0.3 is 10.0 Å². The van der Waals surface area contributed by atoms with Crippen LogP contribution in [-0.2, 0) is 17.6 Å². The van der Waals surface area contributed by atoms with Gasteiger partial charge in [0.05, 0.1) is 11.7 Å². The van der Waals surface area contributed by atoms with E-state index in [4.69, 9.17) is 5.11 Å². The smallest absolute Gasteiger partial charge is 0.389 e. The number of hydrogen-bond donors (Lipinski definition) is 1. The summed E-state index contributed by atoms with van der Waals surface area (Å²) in [7, 11) is 0. The third kappa shape index (κ3) is 3.90. The van der Waals surface area contributed by atoms with E-state index in [1.54, 1.807) is 0 Å². The molecule has 1 saturated heterocycles. The van der Waals surface area contributed by atoms with Crippen LogP contribution >= 0.6 is 0 Å². The van der Waals surface area contributed by atoms with E-state index in [1.807, 2.05) is 0 Å². The highest BCUT2D eigenvalue weighted by Crippen LogP contribution is 2.33. The molecule has 138 valence electrons. The molecule has 26 heavy (non-hydrogen) atoms. The second-order valence-electron chi connectivity index (χ2n) is 5.81. The minimum atomic E-state index is -4.61. The fourth-order valence-corrected chi connectivity index (χ4v) is 2.42. The lowest BCUT2D eigenvalue weighted by atomic mass is 10.1. The molecule has 0 atom stereocenters. The Morgan fingerprint density at radius 1 is 1.31 bits per heavy atom. The predicted molar refractivity (Wildman–Crippen MR) is 83.2 cm³/mol. The quantitative estimate of drug-likeness (QED) is 0.661. The maximum atomic E-state index is 12.9. The van der Waals surface area contributed by atoms with Crippen molar-refractivity contribution >= 4 is 12.1 Å². The third-order valence-corrected chi connectivity index (χ3v) is 3.78. The van der Waals surface area contributed by atoms with Crippen molar-refractivity contribution in [3.05, 3.63) is 41.7 Å². The number of alkyl halides is 4. The van der Waals surface area contributed by atoms with E-state index < -0.39 is 24.5 Å². The summed E-state index contributed by atoms with van der Waals surface area (Å²) in [4.78, 5) is 17.1. The first-order valence-corrected chi connectivity index (χ1v) is 7.60. The van der Waals surface area contributed by atoms with Gasteiger partial charge in [-0.2, -0.15) is 13.2 Å². The van der Waals surface area contributed by atoms with Crippen LogP contribution < -0.4 is 0 Å². The molecule has 1 aliphatic rings. The monoisotopic (exact) mass is 370 g/mol. The first kappa shape index (κ1) is 18.1. The molecular formula is C16H14F4N4O2. The van der Waals surface area contributed by atoms with Gasteiger partial charge in [-0.25, -0.2) is 14.1 Å². The zero-order chi connectivity index (χ0) is 18.9. The number of β-amino-alcohol motifs (C(OH)–C–C–N with tert-alkyl or cyclic N) is 1. The fraction of sp³-hybridized carbons (Fsp3) is 0.312. The maximum absolute atomic E-state index is 12.9. The van der Waals surface area contributed by atoms with Crippen LogP contribution in [0.25, 0.3) is 17.6 Å². The zero-order valence-electron chi connectivity index (χ0n) is 13.3. The molecule has 6 nitrogen and oxygen atoms in total. The molecule has 3 rings (SSSR count). The van der Waals surface area contributed by atoms with Crippen LogP contribution in [-0.4, -0.2) is 49.9 Å². The lowest BCUT2D eigenvalue weighted by molar-refractivity contribution is -0.137. The van der Waals surface area contributed by atoms with Crippen LogP contribution in [0.15, 0.2) is 30.6 Å². The number of halogens is 4. The second kappa shape index (κ2) is 6.87. The Labute approximate surface area is 145 Å². The summed E-state index contributed by atoms with van der Waals surface area (Å²) in [5, 5.41) is 13.1. The molecule has 0 saturated carbocycles. The minimum Gasteiger partial charge on any atom is -0.389 e. The molecule has 10 heteroatoms.